The zero-order chi connectivity index (χ0) is 24.8. The minimum atomic E-state index is -0.0885. The maximum Gasteiger partial charge on any atom is 0.254 e. The number of hydrogen-bond acceptors (Lipinski definition) is 6. The van der Waals surface area contributed by atoms with Gasteiger partial charge in [-0.25, -0.2) is 0 Å². The Kier molecular flexibility index (Phi) is 12.0. The van der Waals surface area contributed by atoms with Crippen molar-refractivity contribution < 1.29 is 23.7 Å². The highest BCUT2D eigenvalue weighted by Crippen LogP contribution is 2.38. The molecule has 34 heavy (non-hydrogen) atoms. The number of hydrogen-bond donors (Lipinski definition) is 1. The van der Waals surface area contributed by atoms with E-state index in [0.717, 1.165) is 30.6 Å². The molecule has 0 heterocycles. The highest BCUT2D eigenvalue weighted by Gasteiger charge is 2.21. The van der Waals surface area contributed by atoms with Crippen molar-refractivity contribution in [3.63, 3.8) is 0 Å². The molecule has 0 saturated carbocycles. The number of methoxy groups -OCH3 is 3. The van der Waals surface area contributed by atoms with E-state index in [1.807, 2.05) is 36.9 Å². The largest absolute Gasteiger partial charge is 0.493 e. The fraction of sp³-hybridized carbons (Fsp3) is 0.444. The SMILES string of the molecule is CCOCCNCCCN(CC(C)=Cc1ccccc1)C(=O)c1cc(OC)c(OC)c(OC)c1. The maximum absolute atomic E-state index is 13.6. The lowest BCUT2D eigenvalue weighted by atomic mass is 10.1. The van der Waals surface area contributed by atoms with Crippen LogP contribution in [0.5, 0.6) is 17.2 Å². The summed E-state index contributed by atoms with van der Waals surface area (Å²) in [5.41, 5.74) is 2.69. The van der Waals surface area contributed by atoms with Crippen molar-refractivity contribution in [1.29, 1.82) is 0 Å². The summed E-state index contributed by atoms with van der Waals surface area (Å²) in [6.07, 6.45) is 2.93. The van der Waals surface area contributed by atoms with Crippen molar-refractivity contribution in [1.82, 2.24) is 10.2 Å². The first-order chi connectivity index (χ1) is 16.5. The van der Waals surface area contributed by atoms with E-state index in [4.69, 9.17) is 18.9 Å². The fourth-order valence-corrected chi connectivity index (χ4v) is 3.63. The van der Waals surface area contributed by atoms with Gasteiger partial charge in [-0.15, -0.1) is 0 Å². The van der Waals surface area contributed by atoms with Gasteiger partial charge in [-0.1, -0.05) is 42.0 Å². The molecule has 0 radical (unpaired) electrons. The predicted molar refractivity (Wildman–Crippen MR) is 136 cm³/mol. The molecule has 0 atom stereocenters. The minimum absolute atomic E-state index is 0.0885. The topological polar surface area (TPSA) is 69.3 Å². The van der Waals surface area contributed by atoms with E-state index in [1.165, 1.54) is 0 Å². The van der Waals surface area contributed by atoms with Gasteiger partial charge < -0.3 is 29.2 Å². The molecule has 0 bridgehead atoms. The van der Waals surface area contributed by atoms with E-state index in [9.17, 15) is 4.79 Å². The Morgan fingerprint density at radius 1 is 1.00 bits per heavy atom. The lowest BCUT2D eigenvalue weighted by Crippen LogP contribution is -2.35. The molecule has 1 N–H and O–H groups in total. The van der Waals surface area contributed by atoms with Crippen LogP contribution in [0.2, 0.25) is 0 Å². The standard InChI is InChI=1S/C27H38N2O5/c1-6-34-16-14-28-13-10-15-29(20-21(2)17-22-11-8-7-9-12-22)27(30)23-18-24(31-3)26(33-5)25(19-23)32-4/h7-9,11-12,17-19,28H,6,10,13-16,20H2,1-5H3. The van der Waals surface area contributed by atoms with Gasteiger partial charge in [-0.2, -0.15) is 0 Å². The average molecular weight is 471 g/mol. The van der Waals surface area contributed by atoms with Crippen LogP contribution < -0.4 is 19.5 Å². The van der Waals surface area contributed by atoms with E-state index in [-0.39, 0.29) is 5.91 Å². The Balaban J connectivity index is 2.20. The summed E-state index contributed by atoms with van der Waals surface area (Å²) >= 11 is 0. The Bertz CT molecular complexity index is 889. The lowest BCUT2D eigenvalue weighted by Gasteiger charge is -2.24. The smallest absolute Gasteiger partial charge is 0.254 e. The molecule has 0 aliphatic carbocycles. The van der Waals surface area contributed by atoms with Crippen LogP contribution in [-0.2, 0) is 4.74 Å². The number of nitrogens with zero attached hydrogens (tertiary/aromatic N) is 1. The summed E-state index contributed by atoms with van der Waals surface area (Å²) in [7, 11) is 4.64. The monoisotopic (exact) mass is 470 g/mol. The number of carbonyl (C=O) groups is 1. The number of rotatable bonds is 15. The van der Waals surface area contributed by atoms with Crippen LogP contribution in [0.1, 0.15) is 36.2 Å². The first-order valence-corrected chi connectivity index (χ1v) is 11.6. The summed E-state index contributed by atoms with van der Waals surface area (Å²) in [6, 6.07) is 13.5. The summed E-state index contributed by atoms with van der Waals surface area (Å²) in [6.45, 7) is 8.14. The van der Waals surface area contributed by atoms with Gasteiger partial charge in [0, 0.05) is 31.8 Å². The van der Waals surface area contributed by atoms with Crippen LogP contribution in [0.3, 0.4) is 0 Å². The van der Waals surface area contributed by atoms with Gasteiger partial charge in [-0.05, 0) is 44.5 Å². The molecule has 7 heteroatoms. The summed E-state index contributed by atoms with van der Waals surface area (Å²) < 4.78 is 21.7. The number of amides is 1. The van der Waals surface area contributed by atoms with Crippen LogP contribution >= 0.6 is 0 Å². The Hall–Kier alpha value is -3.03. The zero-order valence-corrected chi connectivity index (χ0v) is 21.1. The van der Waals surface area contributed by atoms with Crippen LogP contribution in [0, 0.1) is 0 Å². The molecule has 2 rings (SSSR count). The molecule has 186 valence electrons. The molecule has 7 nitrogen and oxygen atoms in total. The molecule has 0 saturated heterocycles. The highest BCUT2D eigenvalue weighted by atomic mass is 16.5. The van der Waals surface area contributed by atoms with Gasteiger partial charge in [-0.3, -0.25) is 4.79 Å². The molecule has 1 amide bonds. The summed E-state index contributed by atoms with van der Waals surface area (Å²) in [5.74, 6) is 1.29. The second-order valence-corrected chi connectivity index (χ2v) is 7.84. The average Bonchev–Trinajstić information content (AvgIpc) is 2.86. The van der Waals surface area contributed by atoms with E-state index < -0.39 is 0 Å². The zero-order valence-electron chi connectivity index (χ0n) is 21.1. The molecule has 0 spiro atoms. The van der Waals surface area contributed by atoms with Crippen molar-refractivity contribution in [2.75, 3.05) is 60.7 Å². The number of benzene rings is 2. The summed E-state index contributed by atoms with van der Waals surface area (Å²) in [5, 5.41) is 3.36. The van der Waals surface area contributed by atoms with Crippen LogP contribution in [0.4, 0.5) is 0 Å². The molecule has 0 unspecified atom stereocenters. The number of carbonyl (C=O) groups excluding carboxylic acids is 1. The normalized spacial score (nSPS) is 11.3. The van der Waals surface area contributed by atoms with Crippen molar-refractivity contribution in [3.05, 3.63) is 59.2 Å². The van der Waals surface area contributed by atoms with Gasteiger partial charge in [0.1, 0.15) is 0 Å². The van der Waals surface area contributed by atoms with E-state index in [0.29, 0.717) is 49.1 Å². The van der Waals surface area contributed by atoms with Crippen molar-refractivity contribution >= 4 is 12.0 Å². The quantitative estimate of drug-likeness (QED) is 0.392. The molecular formula is C27H38N2O5. The van der Waals surface area contributed by atoms with Crippen molar-refractivity contribution in [2.45, 2.75) is 20.3 Å². The van der Waals surface area contributed by atoms with Gasteiger partial charge in [0.2, 0.25) is 5.75 Å². The van der Waals surface area contributed by atoms with Gasteiger partial charge in [0.25, 0.3) is 5.91 Å². The highest BCUT2D eigenvalue weighted by molar-refractivity contribution is 5.96. The van der Waals surface area contributed by atoms with E-state index in [2.05, 4.69) is 23.5 Å². The van der Waals surface area contributed by atoms with Crippen LogP contribution in [0.15, 0.2) is 48.0 Å². The lowest BCUT2D eigenvalue weighted by molar-refractivity contribution is 0.0767. The summed E-state index contributed by atoms with van der Waals surface area (Å²) in [4.78, 5) is 15.4. The predicted octanol–water partition coefficient (Wildman–Crippen LogP) is 4.27. The second kappa shape index (κ2) is 15.0. The molecular weight excluding hydrogens is 432 g/mol. The molecule has 0 fully saturated rings. The Morgan fingerprint density at radius 3 is 2.26 bits per heavy atom. The molecule has 0 aromatic heterocycles. The third kappa shape index (κ3) is 8.39. The Morgan fingerprint density at radius 2 is 1.68 bits per heavy atom. The van der Waals surface area contributed by atoms with Crippen LogP contribution in [0.25, 0.3) is 6.08 Å². The van der Waals surface area contributed by atoms with E-state index in [1.54, 1.807) is 33.5 Å². The molecule has 0 aliphatic heterocycles. The van der Waals surface area contributed by atoms with Crippen molar-refractivity contribution in [3.8, 4) is 17.2 Å². The third-order valence-corrected chi connectivity index (χ3v) is 5.26. The van der Waals surface area contributed by atoms with Crippen molar-refractivity contribution in [2.24, 2.45) is 0 Å². The molecule has 2 aromatic carbocycles. The first-order valence-electron chi connectivity index (χ1n) is 11.6. The van der Waals surface area contributed by atoms with E-state index >= 15 is 0 Å². The fourth-order valence-electron chi connectivity index (χ4n) is 3.63. The van der Waals surface area contributed by atoms with Crippen LogP contribution in [-0.4, -0.2) is 71.5 Å². The molecule has 2 aromatic rings. The third-order valence-electron chi connectivity index (χ3n) is 5.26. The number of ether oxygens (including phenoxy) is 4. The molecule has 0 aliphatic rings. The second-order valence-electron chi connectivity index (χ2n) is 7.84. The first kappa shape index (κ1) is 27.2. The maximum atomic E-state index is 13.6. The van der Waals surface area contributed by atoms with Gasteiger partial charge >= 0.3 is 0 Å². The Labute approximate surface area is 203 Å². The number of nitrogens with one attached hydrogen (secondary N) is 1. The van der Waals surface area contributed by atoms with Gasteiger partial charge in [0.15, 0.2) is 11.5 Å². The van der Waals surface area contributed by atoms with Gasteiger partial charge in [0.05, 0.1) is 27.9 Å². The minimum Gasteiger partial charge on any atom is -0.493 e.